The molecule has 20 heavy (non-hydrogen) atoms. The predicted molar refractivity (Wildman–Crippen MR) is 80.5 cm³/mol. The molecule has 2 aliphatic rings. The number of nitrogens with zero attached hydrogens (tertiary/aromatic N) is 1. The van der Waals surface area contributed by atoms with Crippen molar-refractivity contribution in [2.24, 2.45) is 11.7 Å². The zero-order valence-corrected chi connectivity index (χ0v) is 12.4. The second kappa shape index (κ2) is 5.74. The Morgan fingerprint density at radius 2 is 2.05 bits per heavy atom. The van der Waals surface area contributed by atoms with E-state index in [1.165, 1.54) is 0 Å². The zero-order valence-electron chi connectivity index (χ0n) is 11.6. The molecule has 1 aromatic rings. The van der Waals surface area contributed by atoms with Gasteiger partial charge in [0.2, 0.25) is 5.91 Å². The highest BCUT2D eigenvalue weighted by Gasteiger charge is 2.37. The van der Waals surface area contributed by atoms with Gasteiger partial charge in [-0.05, 0) is 43.7 Å². The third-order valence-electron chi connectivity index (χ3n) is 4.62. The minimum atomic E-state index is 0.119. The molecule has 4 heteroatoms. The summed E-state index contributed by atoms with van der Waals surface area (Å²) >= 11 is 6.30. The van der Waals surface area contributed by atoms with Crippen molar-refractivity contribution in [3.63, 3.8) is 0 Å². The SMILES string of the molecule is N[C@@H]1CC[C@H](C(=O)N2CCC[C@@H]2c2ccccc2Cl)C1. The minimum Gasteiger partial charge on any atom is -0.335 e. The summed E-state index contributed by atoms with van der Waals surface area (Å²) in [7, 11) is 0. The molecule has 2 N–H and O–H groups in total. The molecule has 108 valence electrons. The van der Waals surface area contributed by atoms with E-state index < -0.39 is 0 Å². The molecule has 1 saturated carbocycles. The first-order valence-corrected chi connectivity index (χ1v) is 7.85. The van der Waals surface area contributed by atoms with E-state index in [4.69, 9.17) is 17.3 Å². The number of rotatable bonds is 2. The Kier molecular flexibility index (Phi) is 3.99. The average Bonchev–Trinajstić information content (AvgIpc) is 3.07. The molecule has 0 radical (unpaired) electrons. The predicted octanol–water partition coefficient (Wildman–Crippen LogP) is 3.13. The van der Waals surface area contributed by atoms with Crippen molar-refractivity contribution in [2.75, 3.05) is 6.54 Å². The van der Waals surface area contributed by atoms with Gasteiger partial charge in [0, 0.05) is 23.5 Å². The number of amides is 1. The van der Waals surface area contributed by atoms with Crippen molar-refractivity contribution in [1.29, 1.82) is 0 Å². The lowest BCUT2D eigenvalue weighted by molar-refractivity contribution is -0.136. The largest absolute Gasteiger partial charge is 0.335 e. The maximum Gasteiger partial charge on any atom is 0.226 e. The molecule has 1 aliphatic heterocycles. The monoisotopic (exact) mass is 292 g/mol. The first-order chi connectivity index (χ1) is 9.66. The van der Waals surface area contributed by atoms with Crippen LogP contribution in [0.5, 0.6) is 0 Å². The fraction of sp³-hybridized carbons (Fsp3) is 0.562. The molecular weight excluding hydrogens is 272 g/mol. The van der Waals surface area contributed by atoms with Crippen LogP contribution in [0.4, 0.5) is 0 Å². The summed E-state index contributed by atoms with van der Waals surface area (Å²) in [5.74, 6) is 0.397. The van der Waals surface area contributed by atoms with Crippen molar-refractivity contribution >= 4 is 17.5 Å². The molecule has 3 rings (SSSR count). The first-order valence-electron chi connectivity index (χ1n) is 7.47. The summed E-state index contributed by atoms with van der Waals surface area (Å²) in [4.78, 5) is 14.7. The molecule has 1 saturated heterocycles. The lowest BCUT2D eigenvalue weighted by atomic mass is 10.0. The van der Waals surface area contributed by atoms with Gasteiger partial charge in [-0.2, -0.15) is 0 Å². The number of likely N-dealkylation sites (tertiary alicyclic amines) is 1. The number of carbonyl (C=O) groups is 1. The van der Waals surface area contributed by atoms with E-state index in [2.05, 4.69) is 0 Å². The molecular formula is C16H21ClN2O. The molecule has 1 aliphatic carbocycles. The minimum absolute atomic E-state index is 0.119. The number of halogens is 1. The Hall–Kier alpha value is -1.06. The quantitative estimate of drug-likeness (QED) is 0.910. The second-order valence-corrected chi connectivity index (χ2v) is 6.39. The van der Waals surface area contributed by atoms with Crippen LogP contribution in [0.2, 0.25) is 5.02 Å². The highest BCUT2D eigenvalue weighted by molar-refractivity contribution is 6.31. The Morgan fingerprint density at radius 3 is 2.75 bits per heavy atom. The van der Waals surface area contributed by atoms with Crippen molar-refractivity contribution in [2.45, 2.75) is 44.2 Å². The van der Waals surface area contributed by atoms with Crippen molar-refractivity contribution < 1.29 is 4.79 Å². The fourth-order valence-corrected chi connectivity index (χ4v) is 3.84. The van der Waals surface area contributed by atoms with E-state index in [0.717, 1.165) is 49.2 Å². The smallest absolute Gasteiger partial charge is 0.226 e. The summed E-state index contributed by atoms with van der Waals surface area (Å²) in [6, 6.07) is 8.22. The molecule has 0 bridgehead atoms. The third-order valence-corrected chi connectivity index (χ3v) is 4.97. The van der Waals surface area contributed by atoms with Gasteiger partial charge in [0.1, 0.15) is 0 Å². The molecule has 2 fully saturated rings. The Bertz CT molecular complexity index is 505. The summed E-state index contributed by atoms with van der Waals surface area (Å²) in [5.41, 5.74) is 7.03. The lowest BCUT2D eigenvalue weighted by Crippen LogP contribution is -2.35. The number of hydrogen-bond acceptors (Lipinski definition) is 2. The molecule has 1 amide bonds. The van der Waals surface area contributed by atoms with Crippen molar-refractivity contribution in [3.8, 4) is 0 Å². The van der Waals surface area contributed by atoms with Gasteiger partial charge in [-0.3, -0.25) is 4.79 Å². The van der Waals surface area contributed by atoms with Gasteiger partial charge in [0.15, 0.2) is 0 Å². The van der Waals surface area contributed by atoms with Gasteiger partial charge >= 0.3 is 0 Å². The molecule has 0 spiro atoms. The average molecular weight is 293 g/mol. The van der Waals surface area contributed by atoms with Crippen LogP contribution < -0.4 is 5.73 Å². The fourth-order valence-electron chi connectivity index (χ4n) is 3.57. The summed E-state index contributed by atoms with van der Waals surface area (Å²) in [6.45, 7) is 0.848. The van der Waals surface area contributed by atoms with Crippen LogP contribution in [0, 0.1) is 5.92 Å². The van der Waals surface area contributed by atoms with Crippen molar-refractivity contribution in [1.82, 2.24) is 4.90 Å². The molecule has 3 atom stereocenters. The maximum atomic E-state index is 12.7. The maximum absolute atomic E-state index is 12.7. The number of benzene rings is 1. The van der Waals surface area contributed by atoms with E-state index in [0.29, 0.717) is 0 Å². The van der Waals surface area contributed by atoms with E-state index in [9.17, 15) is 4.79 Å². The van der Waals surface area contributed by atoms with Gasteiger partial charge < -0.3 is 10.6 Å². The Morgan fingerprint density at radius 1 is 1.25 bits per heavy atom. The van der Waals surface area contributed by atoms with Crippen LogP contribution in [0.3, 0.4) is 0 Å². The number of carbonyl (C=O) groups excluding carboxylic acids is 1. The van der Waals surface area contributed by atoms with Crippen LogP contribution in [-0.2, 0) is 4.79 Å². The molecule has 0 aromatic heterocycles. The van der Waals surface area contributed by atoms with Gasteiger partial charge in [-0.25, -0.2) is 0 Å². The number of nitrogens with two attached hydrogens (primary N) is 1. The van der Waals surface area contributed by atoms with Crippen LogP contribution >= 0.6 is 11.6 Å². The molecule has 1 aromatic carbocycles. The number of hydrogen-bond donors (Lipinski definition) is 1. The Labute approximate surface area is 125 Å². The first kappa shape index (κ1) is 13.9. The molecule has 0 unspecified atom stereocenters. The lowest BCUT2D eigenvalue weighted by Gasteiger charge is -2.28. The van der Waals surface area contributed by atoms with Crippen LogP contribution in [0.15, 0.2) is 24.3 Å². The van der Waals surface area contributed by atoms with E-state index >= 15 is 0 Å². The normalized spacial score (nSPS) is 29.9. The topological polar surface area (TPSA) is 46.3 Å². The van der Waals surface area contributed by atoms with E-state index in [1.807, 2.05) is 29.2 Å². The summed E-state index contributed by atoms with van der Waals surface area (Å²) in [6.07, 6.45) is 4.81. The highest BCUT2D eigenvalue weighted by Crippen LogP contribution is 2.38. The van der Waals surface area contributed by atoms with Crippen molar-refractivity contribution in [3.05, 3.63) is 34.9 Å². The van der Waals surface area contributed by atoms with Crippen LogP contribution in [0.25, 0.3) is 0 Å². The molecule has 3 nitrogen and oxygen atoms in total. The second-order valence-electron chi connectivity index (χ2n) is 5.98. The van der Waals surface area contributed by atoms with Gasteiger partial charge in [0.05, 0.1) is 6.04 Å². The highest BCUT2D eigenvalue weighted by atomic mass is 35.5. The zero-order chi connectivity index (χ0) is 14.1. The molecule has 1 heterocycles. The summed E-state index contributed by atoms with van der Waals surface area (Å²) in [5, 5.41) is 0.764. The van der Waals surface area contributed by atoms with Gasteiger partial charge in [0.25, 0.3) is 0 Å². The standard InChI is InChI=1S/C16H21ClN2O/c17-14-5-2-1-4-13(14)15-6-3-9-19(15)16(20)11-7-8-12(18)10-11/h1-2,4-5,11-12,15H,3,6-10,18H2/t11-,12+,15+/m0/s1. The van der Waals surface area contributed by atoms with Crippen LogP contribution in [0.1, 0.15) is 43.7 Å². The summed E-state index contributed by atoms with van der Waals surface area (Å²) < 4.78 is 0. The third kappa shape index (κ3) is 2.57. The van der Waals surface area contributed by atoms with Crippen LogP contribution in [-0.4, -0.2) is 23.4 Å². The van der Waals surface area contributed by atoms with Gasteiger partial charge in [-0.15, -0.1) is 0 Å². The Balaban J connectivity index is 1.79. The van der Waals surface area contributed by atoms with E-state index in [1.54, 1.807) is 0 Å². The van der Waals surface area contributed by atoms with Gasteiger partial charge in [-0.1, -0.05) is 29.8 Å². The van der Waals surface area contributed by atoms with E-state index in [-0.39, 0.29) is 23.9 Å².